The molecule has 1 rings (SSSR count). The second-order valence-electron chi connectivity index (χ2n) is 4.65. The quantitative estimate of drug-likeness (QED) is 0.652. The lowest BCUT2D eigenvalue weighted by molar-refractivity contribution is -0.155. The van der Waals surface area contributed by atoms with Crippen LogP contribution in [-0.2, 0) is 20.7 Å². The Morgan fingerprint density at radius 3 is 2.42 bits per heavy atom. The Morgan fingerprint density at radius 2 is 1.84 bits per heavy atom. The SMILES string of the molecule is CCOC(=O)C(=O)N[C@H](C)[C@@H](C)Cc1ccccc1. The number of nitrogens with one attached hydrogen (secondary N) is 1. The summed E-state index contributed by atoms with van der Waals surface area (Å²) in [6.45, 7) is 5.82. The van der Waals surface area contributed by atoms with Crippen molar-refractivity contribution in [1.82, 2.24) is 5.32 Å². The fourth-order valence-corrected chi connectivity index (χ4v) is 1.77. The van der Waals surface area contributed by atoms with E-state index in [1.807, 2.05) is 32.0 Å². The molecule has 0 saturated carbocycles. The van der Waals surface area contributed by atoms with E-state index in [0.29, 0.717) is 0 Å². The van der Waals surface area contributed by atoms with E-state index in [-0.39, 0.29) is 18.6 Å². The van der Waals surface area contributed by atoms with Crippen LogP contribution in [0.15, 0.2) is 30.3 Å². The van der Waals surface area contributed by atoms with E-state index >= 15 is 0 Å². The van der Waals surface area contributed by atoms with Gasteiger partial charge in [-0.05, 0) is 31.7 Å². The van der Waals surface area contributed by atoms with Crippen LogP contribution < -0.4 is 5.32 Å². The number of rotatable bonds is 5. The van der Waals surface area contributed by atoms with Crippen LogP contribution in [0.4, 0.5) is 0 Å². The number of esters is 1. The van der Waals surface area contributed by atoms with Crippen LogP contribution in [0, 0.1) is 5.92 Å². The molecule has 0 heterocycles. The summed E-state index contributed by atoms with van der Waals surface area (Å²) >= 11 is 0. The maximum atomic E-state index is 11.5. The number of hydrogen-bond acceptors (Lipinski definition) is 3. The van der Waals surface area contributed by atoms with Gasteiger partial charge in [0.25, 0.3) is 0 Å². The predicted octanol–water partition coefficient (Wildman–Crippen LogP) is 1.93. The Labute approximate surface area is 114 Å². The van der Waals surface area contributed by atoms with Gasteiger partial charge < -0.3 is 10.1 Å². The van der Waals surface area contributed by atoms with Gasteiger partial charge in [0, 0.05) is 6.04 Å². The van der Waals surface area contributed by atoms with Crippen LogP contribution in [0.3, 0.4) is 0 Å². The van der Waals surface area contributed by atoms with Crippen molar-refractivity contribution in [1.29, 1.82) is 0 Å². The van der Waals surface area contributed by atoms with Crippen LogP contribution >= 0.6 is 0 Å². The molecular formula is C15H21NO3. The summed E-state index contributed by atoms with van der Waals surface area (Å²) < 4.78 is 4.65. The Morgan fingerprint density at radius 1 is 1.21 bits per heavy atom. The van der Waals surface area contributed by atoms with Crippen LogP contribution in [0.1, 0.15) is 26.3 Å². The van der Waals surface area contributed by atoms with E-state index in [4.69, 9.17) is 0 Å². The van der Waals surface area contributed by atoms with Gasteiger partial charge in [-0.15, -0.1) is 0 Å². The second kappa shape index (κ2) is 7.56. The first-order valence-electron chi connectivity index (χ1n) is 6.56. The molecule has 0 saturated heterocycles. The number of benzene rings is 1. The van der Waals surface area contributed by atoms with Crippen molar-refractivity contribution in [3.05, 3.63) is 35.9 Å². The molecule has 0 bridgehead atoms. The van der Waals surface area contributed by atoms with Crippen molar-refractivity contribution in [3.63, 3.8) is 0 Å². The first-order valence-corrected chi connectivity index (χ1v) is 6.56. The lowest BCUT2D eigenvalue weighted by atomic mass is 9.95. The van der Waals surface area contributed by atoms with E-state index in [1.54, 1.807) is 6.92 Å². The molecule has 1 amide bonds. The molecule has 1 aromatic carbocycles. The predicted molar refractivity (Wildman–Crippen MR) is 73.5 cm³/mol. The molecule has 1 N–H and O–H groups in total. The van der Waals surface area contributed by atoms with Gasteiger partial charge in [0.1, 0.15) is 0 Å². The van der Waals surface area contributed by atoms with E-state index < -0.39 is 11.9 Å². The number of amides is 1. The minimum atomic E-state index is -0.818. The number of carbonyl (C=O) groups is 2. The summed E-state index contributed by atoms with van der Waals surface area (Å²) in [6.07, 6.45) is 0.852. The molecule has 2 atom stereocenters. The van der Waals surface area contributed by atoms with Crippen molar-refractivity contribution in [3.8, 4) is 0 Å². The number of hydrogen-bond donors (Lipinski definition) is 1. The zero-order chi connectivity index (χ0) is 14.3. The molecule has 0 aliphatic rings. The third-order valence-electron chi connectivity index (χ3n) is 3.07. The highest BCUT2D eigenvalue weighted by atomic mass is 16.5. The lowest BCUT2D eigenvalue weighted by Crippen LogP contribution is -2.42. The standard InChI is InChI=1S/C15H21NO3/c1-4-19-15(18)14(17)16-12(3)11(2)10-13-8-6-5-7-9-13/h5-9,11-12H,4,10H2,1-3H3,(H,16,17)/t11-,12+/m0/s1. The summed E-state index contributed by atoms with van der Waals surface area (Å²) in [5.41, 5.74) is 1.22. The molecule has 1 aromatic rings. The van der Waals surface area contributed by atoms with Crippen LogP contribution in [-0.4, -0.2) is 24.5 Å². The minimum Gasteiger partial charge on any atom is -0.459 e. The van der Waals surface area contributed by atoms with Gasteiger partial charge in [-0.1, -0.05) is 37.3 Å². The minimum absolute atomic E-state index is 0.0860. The third kappa shape index (κ3) is 5.12. The highest BCUT2D eigenvalue weighted by molar-refractivity contribution is 6.32. The summed E-state index contributed by atoms with van der Waals surface area (Å²) in [6, 6.07) is 9.97. The largest absolute Gasteiger partial charge is 0.459 e. The first kappa shape index (κ1) is 15.2. The molecule has 0 aromatic heterocycles. The second-order valence-corrected chi connectivity index (χ2v) is 4.65. The summed E-state index contributed by atoms with van der Waals surface area (Å²) in [5, 5.41) is 2.67. The van der Waals surface area contributed by atoms with E-state index in [2.05, 4.69) is 22.2 Å². The third-order valence-corrected chi connectivity index (χ3v) is 3.07. The van der Waals surface area contributed by atoms with Crippen molar-refractivity contribution >= 4 is 11.9 Å². The van der Waals surface area contributed by atoms with Crippen molar-refractivity contribution in [2.24, 2.45) is 5.92 Å². The van der Waals surface area contributed by atoms with Gasteiger partial charge in [0.2, 0.25) is 0 Å². The number of ether oxygens (including phenoxy) is 1. The Hall–Kier alpha value is -1.84. The fraction of sp³-hybridized carbons (Fsp3) is 0.467. The molecule has 0 spiro atoms. The maximum Gasteiger partial charge on any atom is 0.396 e. The van der Waals surface area contributed by atoms with Gasteiger partial charge >= 0.3 is 11.9 Å². The fourth-order valence-electron chi connectivity index (χ4n) is 1.77. The van der Waals surface area contributed by atoms with Crippen molar-refractivity contribution < 1.29 is 14.3 Å². The number of carbonyl (C=O) groups excluding carboxylic acids is 2. The Balaban J connectivity index is 2.46. The van der Waals surface area contributed by atoms with Gasteiger partial charge in [-0.2, -0.15) is 0 Å². The topological polar surface area (TPSA) is 55.4 Å². The first-order chi connectivity index (χ1) is 9.04. The Bertz CT molecular complexity index is 417. The molecular weight excluding hydrogens is 242 g/mol. The lowest BCUT2D eigenvalue weighted by Gasteiger charge is -2.20. The molecule has 0 fully saturated rings. The van der Waals surface area contributed by atoms with Crippen molar-refractivity contribution in [2.45, 2.75) is 33.2 Å². The monoisotopic (exact) mass is 263 g/mol. The van der Waals surface area contributed by atoms with Crippen molar-refractivity contribution in [2.75, 3.05) is 6.61 Å². The molecule has 0 unspecified atom stereocenters. The molecule has 19 heavy (non-hydrogen) atoms. The normalized spacial score (nSPS) is 13.4. The highest BCUT2D eigenvalue weighted by Gasteiger charge is 2.20. The molecule has 104 valence electrons. The van der Waals surface area contributed by atoms with Crippen LogP contribution in [0.2, 0.25) is 0 Å². The molecule has 0 radical (unpaired) electrons. The zero-order valence-corrected chi connectivity index (χ0v) is 11.7. The summed E-state index contributed by atoms with van der Waals surface area (Å²) in [4.78, 5) is 22.7. The Kier molecular flexibility index (Phi) is 6.06. The van der Waals surface area contributed by atoms with Gasteiger partial charge in [-0.3, -0.25) is 4.79 Å². The average Bonchev–Trinajstić information content (AvgIpc) is 2.40. The summed E-state index contributed by atoms with van der Waals surface area (Å²) in [7, 11) is 0. The zero-order valence-electron chi connectivity index (χ0n) is 11.7. The van der Waals surface area contributed by atoms with Crippen LogP contribution in [0.5, 0.6) is 0 Å². The van der Waals surface area contributed by atoms with Gasteiger partial charge in [0.15, 0.2) is 0 Å². The highest BCUT2D eigenvalue weighted by Crippen LogP contribution is 2.11. The van der Waals surface area contributed by atoms with E-state index in [9.17, 15) is 9.59 Å². The van der Waals surface area contributed by atoms with Gasteiger partial charge in [-0.25, -0.2) is 4.79 Å². The average molecular weight is 263 g/mol. The maximum absolute atomic E-state index is 11.5. The van der Waals surface area contributed by atoms with Crippen LogP contribution in [0.25, 0.3) is 0 Å². The summed E-state index contributed by atoms with van der Waals surface area (Å²) in [5.74, 6) is -1.25. The van der Waals surface area contributed by atoms with E-state index in [0.717, 1.165) is 6.42 Å². The molecule has 4 nitrogen and oxygen atoms in total. The molecule has 4 heteroatoms. The molecule has 0 aliphatic carbocycles. The smallest absolute Gasteiger partial charge is 0.396 e. The molecule has 0 aliphatic heterocycles. The van der Waals surface area contributed by atoms with E-state index in [1.165, 1.54) is 5.56 Å². The van der Waals surface area contributed by atoms with Gasteiger partial charge in [0.05, 0.1) is 6.61 Å².